The van der Waals surface area contributed by atoms with E-state index in [1.54, 1.807) is 0 Å². The van der Waals surface area contributed by atoms with Crippen molar-refractivity contribution in [2.75, 3.05) is 31.4 Å². The second-order valence-corrected chi connectivity index (χ2v) is 4.97. The van der Waals surface area contributed by atoms with Gasteiger partial charge >= 0.3 is 0 Å². The minimum absolute atomic E-state index is 0.0261. The zero-order valence-electron chi connectivity index (χ0n) is 13.3. The number of carbonyl (C=O) groups is 1. The van der Waals surface area contributed by atoms with E-state index in [2.05, 4.69) is 5.32 Å². The van der Waals surface area contributed by atoms with Gasteiger partial charge in [-0.3, -0.25) is 14.9 Å². The minimum atomic E-state index is -0.683. The number of hydrogen-bond donors (Lipinski definition) is 2. The number of halogens is 1. The molecule has 0 aliphatic rings. The van der Waals surface area contributed by atoms with Crippen molar-refractivity contribution >= 4 is 23.0 Å². The first kappa shape index (κ1) is 18.1. The summed E-state index contributed by atoms with van der Waals surface area (Å²) in [5.41, 5.74) is 5.27. The number of methoxy groups -OCH3 is 1. The van der Waals surface area contributed by atoms with Gasteiger partial charge in [-0.1, -0.05) is 0 Å². The van der Waals surface area contributed by atoms with E-state index in [4.69, 9.17) is 15.2 Å². The lowest BCUT2D eigenvalue weighted by molar-refractivity contribution is -0.383. The maximum Gasteiger partial charge on any atom is 0.292 e. The van der Waals surface area contributed by atoms with Gasteiger partial charge in [-0.15, -0.1) is 0 Å². The molecule has 25 heavy (non-hydrogen) atoms. The number of hydrogen-bond acceptors (Lipinski definition) is 6. The number of nitrogen functional groups attached to an aromatic ring is 1. The lowest BCUT2D eigenvalue weighted by Crippen LogP contribution is -2.13. The highest BCUT2D eigenvalue weighted by molar-refractivity contribution is 6.05. The molecule has 9 heteroatoms. The standard InChI is InChI=1S/C16H16FN3O5/c1-24-6-7-25-15-5-3-11(9-12(15)17)19-16(21)10-2-4-13(18)14(8-10)20(22)23/h2-5,8-9H,6-7,18H2,1H3,(H,19,21). The van der Waals surface area contributed by atoms with Crippen molar-refractivity contribution in [1.82, 2.24) is 0 Å². The molecule has 2 rings (SSSR count). The van der Waals surface area contributed by atoms with E-state index in [-0.39, 0.29) is 35.0 Å². The normalized spacial score (nSPS) is 10.3. The molecule has 0 heterocycles. The number of rotatable bonds is 7. The fourth-order valence-corrected chi connectivity index (χ4v) is 1.98. The number of carbonyl (C=O) groups excluding carboxylic acids is 1. The van der Waals surface area contributed by atoms with Gasteiger partial charge in [0.15, 0.2) is 11.6 Å². The Morgan fingerprint density at radius 1 is 1.28 bits per heavy atom. The van der Waals surface area contributed by atoms with Crippen LogP contribution in [0.3, 0.4) is 0 Å². The monoisotopic (exact) mass is 349 g/mol. The fourth-order valence-electron chi connectivity index (χ4n) is 1.98. The van der Waals surface area contributed by atoms with Crippen LogP contribution in [0.2, 0.25) is 0 Å². The molecule has 0 saturated heterocycles. The van der Waals surface area contributed by atoms with Crippen molar-refractivity contribution in [3.05, 3.63) is 57.9 Å². The summed E-state index contributed by atoms with van der Waals surface area (Å²) in [5, 5.41) is 13.3. The predicted molar refractivity (Wildman–Crippen MR) is 89.2 cm³/mol. The van der Waals surface area contributed by atoms with Crippen molar-refractivity contribution < 1.29 is 23.6 Å². The summed E-state index contributed by atoms with van der Waals surface area (Å²) in [6, 6.07) is 7.58. The van der Waals surface area contributed by atoms with Gasteiger partial charge < -0.3 is 20.5 Å². The largest absolute Gasteiger partial charge is 0.488 e. The molecule has 8 nitrogen and oxygen atoms in total. The van der Waals surface area contributed by atoms with Gasteiger partial charge in [0.2, 0.25) is 0 Å². The lowest BCUT2D eigenvalue weighted by Gasteiger charge is -2.09. The Morgan fingerprint density at radius 3 is 2.68 bits per heavy atom. The summed E-state index contributed by atoms with van der Waals surface area (Å²) < 4.78 is 23.9. The van der Waals surface area contributed by atoms with Gasteiger partial charge in [0.25, 0.3) is 11.6 Å². The minimum Gasteiger partial charge on any atom is -0.488 e. The smallest absolute Gasteiger partial charge is 0.292 e. The van der Waals surface area contributed by atoms with Gasteiger partial charge in [0.05, 0.1) is 11.5 Å². The highest BCUT2D eigenvalue weighted by Crippen LogP contribution is 2.24. The Morgan fingerprint density at radius 2 is 2.04 bits per heavy atom. The van der Waals surface area contributed by atoms with Gasteiger partial charge in [-0.05, 0) is 24.3 Å². The van der Waals surface area contributed by atoms with Crippen molar-refractivity contribution in [2.45, 2.75) is 0 Å². The molecule has 0 radical (unpaired) electrons. The molecule has 0 atom stereocenters. The molecule has 0 aliphatic heterocycles. The molecule has 0 spiro atoms. The second-order valence-electron chi connectivity index (χ2n) is 4.97. The first-order valence-corrected chi connectivity index (χ1v) is 7.19. The number of amides is 1. The number of nitrogens with two attached hydrogens (primary N) is 1. The van der Waals surface area contributed by atoms with Crippen molar-refractivity contribution in [3.8, 4) is 5.75 Å². The topological polar surface area (TPSA) is 117 Å². The summed E-state index contributed by atoms with van der Waals surface area (Å²) in [4.78, 5) is 22.3. The molecule has 2 aromatic carbocycles. The van der Waals surface area contributed by atoms with Crippen LogP contribution in [0.5, 0.6) is 5.75 Å². The molecule has 0 fully saturated rings. The molecular formula is C16H16FN3O5. The average molecular weight is 349 g/mol. The molecule has 2 aromatic rings. The average Bonchev–Trinajstić information content (AvgIpc) is 2.57. The van der Waals surface area contributed by atoms with Gasteiger partial charge in [0.1, 0.15) is 12.3 Å². The highest BCUT2D eigenvalue weighted by Gasteiger charge is 2.16. The Balaban J connectivity index is 2.11. The highest BCUT2D eigenvalue weighted by atomic mass is 19.1. The number of benzene rings is 2. The summed E-state index contributed by atoms with van der Waals surface area (Å²) in [6.07, 6.45) is 0. The van der Waals surface area contributed by atoms with Crippen LogP contribution in [-0.4, -0.2) is 31.2 Å². The number of nitrogens with one attached hydrogen (secondary N) is 1. The number of nitro benzene ring substituents is 1. The Labute approximate surface area is 142 Å². The molecular weight excluding hydrogens is 333 g/mol. The summed E-state index contributed by atoms with van der Waals surface area (Å²) in [6.45, 7) is 0.502. The predicted octanol–water partition coefficient (Wildman–Crippen LogP) is 2.59. The Kier molecular flexibility index (Phi) is 5.85. The van der Waals surface area contributed by atoms with Crippen LogP contribution in [0.1, 0.15) is 10.4 Å². The number of ether oxygens (including phenoxy) is 2. The van der Waals surface area contributed by atoms with Crippen LogP contribution in [0, 0.1) is 15.9 Å². The van der Waals surface area contributed by atoms with E-state index >= 15 is 0 Å². The third-order valence-electron chi connectivity index (χ3n) is 3.22. The molecule has 0 saturated carbocycles. The van der Waals surface area contributed by atoms with Crippen molar-refractivity contribution in [2.24, 2.45) is 0 Å². The SMILES string of the molecule is COCCOc1ccc(NC(=O)c2ccc(N)c([N+](=O)[O-])c2)cc1F. The number of nitro groups is 1. The van der Waals surface area contributed by atoms with E-state index in [1.165, 1.54) is 31.4 Å². The number of anilines is 2. The Hall–Kier alpha value is -3.20. The molecule has 0 aliphatic carbocycles. The number of nitrogens with zero attached hydrogens (tertiary/aromatic N) is 1. The zero-order valence-corrected chi connectivity index (χ0v) is 13.3. The molecule has 132 valence electrons. The van der Waals surface area contributed by atoms with Crippen LogP contribution in [-0.2, 0) is 4.74 Å². The molecule has 0 aromatic heterocycles. The molecule has 0 unspecified atom stereocenters. The molecule has 0 bridgehead atoms. The van der Waals surface area contributed by atoms with E-state index in [1.807, 2.05) is 0 Å². The first-order valence-electron chi connectivity index (χ1n) is 7.19. The maximum absolute atomic E-state index is 13.9. The summed E-state index contributed by atoms with van der Waals surface area (Å²) in [5.74, 6) is -1.26. The first-order chi connectivity index (χ1) is 11.9. The lowest BCUT2D eigenvalue weighted by atomic mass is 10.1. The Bertz CT molecular complexity index is 797. The molecule has 1 amide bonds. The fraction of sp³-hybridized carbons (Fsp3) is 0.188. The van der Waals surface area contributed by atoms with E-state index < -0.39 is 16.6 Å². The van der Waals surface area contributed by atoms with Crippen LogP contribution < -0.4 is 15.8 Å². The van der Waals surface area contributed by atoms with Crippen molar-refractivity contribution in [1.29, 1.82) is 0 Å². The zero-order chi connectivity index (χ0) is 18.4. The van der Waals surface area contributed by atoms with E-state index in [0.717, 1.165) is 12.1 Å². The second kappa shape index (κ2) is 8.06. The van der Waals surface area contributed by atoms with Crippen LogP contribution in [0.15, 0.2) is 36.4 Å². The van der Waals surface area contributed by atoms with E-state index in [0.29, 0.717) is 6.61 Å². The van der Waals surface area contributed by atoms with Crippen LogP contribution in [0.25, 0.3) is 0 Å². The maximum atomic E-state index is 13.9. The van der Waals surface area contributed by atoms with E-state index in [9.17, 15) is 19.3 Å². The summed E-state index contributed by atoms with van der Waals surface area (Å²) >= 11 is 0. The quantitative estimate of drug-likeness (QED) is 0.343. The molecule has 3 N–H and O–H groups in total. The van der Waals surface area contributed by atoms with Gasteiger partial charge in [-0.2, -0.15) is 0 Å². The van der Waals surface area contributed by atoms with Gasteiger partial charge in [0, 0.05) is 30.5 Å². The third kappa shape index (κ3) is 4.64. The van der Waals surface area contributed by atoms with Gasteiger partial charge in [-0.25, -0.2) is 4.39 Å². The van der Waals surface area contributed by atoms with Crippen LogP contribution in [0.4, 0.5) is 21.5 Å². The van der Waals surface area contributed by atoms with Crippen LogP contribution >= 0.6 is 0 Å². The summed E-state index contributed by atoms with van der Waals surface area (Å²) in [7, 11) is 1.50. The third-order valence-corrected chi connectivity index (χ3v) is 3.22. The van der Waals surface area contributed by atoms with Crippen molar-refractivity contribution in [3.63, 3.8) is 0 Å².